The predicted molar refractivity (Wildman–Crippen MR) is 84.8 cm³/mol. The van der Waals surface area contributed by atoms with E-state index < -0.39 is 15.8 Å². The molecule has 0 spiro atoms. The molecule has 2 rings (SSSR count). The van der Waals surface area contributed by atoms with E-state index in [9.17, 15) is 12.8 Å². The molecule has 2 aromatic rings. The van der Waals surface area contributed by atoms with E-state index >= 15 is 0 Å². The largest absolute Gasteiger partial charge is 0.267 e. The Hall–Kier alpha value is -1.53. The second kappa shape index (κ2) is 6.49. The van der Waals surface area contributed by atoms with E-state index in [4.69, 9.17) is 0 Å². The van der Waals surface area contributed by atoms with Crippen LogP contribution in [0.25, 0.3) is 0 Å². The molecule has 0 heterocycles. The zero-order valence-electron chi connectivity index (χ0n) is 11.8. The van der Waals surface area contributed by atoms with Crippen molar-refractivity contribution in [2.24, 2.45) is 0 Å². The molecule has 0 bridgehead atoms. The maximum atomic E-state index is 13.0. The minimum absolute atomic E-state index is 0.228. The number of hydrogen-bond acceptors (Lipinski definition) is 3. The summed E-state index contributed by atoms with van der Waals surface area (Å²) in [4.78, 5) is 1.23. The van der Waals surface area contributed by atoms with Crippen LogP contribution in [-0.4, -0.2) is 21.2 Å². The van der Waals surface area contributed by atoms with Crippen molar-refractivity contribution < 1.29 is 12.8 Å². The van der Waals surface area contributed by atoms with Crippen LogP contribution in [0.4, 0.5) is 10.1 Å². The van der Waals surface area contributed by atoms with Crippen LogP contribution in [-0.2, 0) is 10.0 Å². The van der Waals surface area contributed by atoms with Crippen LogP contribution < -0.4 is 4.31 Å². The Morgan fingerprint density at radius 2 is 1.62 bits per heavy atom. The number of benzene rings is 2. The first kappa shape index (κ1) is 15.9. The van der Waals surface area contributed by atoms with Crippen molar-refractivity contribution in [3.63, 3.8) is 0 Å². The molecule has 0 radical (unpaired) electrons. The Labute approximate surface area is 128 Å². The summed E-state index contributed by atoms with van der Waals surface area (Å²) in [6, 6.07) is 12.2. The van der Waals surface area contributed by atoms with Gasteiger partial charge in [-0.15, -0.1) is 11.8 Å². The highest BCUT2D eigenvalue weighted by Gasteiger charge is 2.23. The third-order valence-corrected chi connectivity index (χ3v) is 5.71. The van der Waals surface area contributed by atoms with Gasteiger partial charge in [-0.05, 0) is 61.7 Å². The van der Waals surface area contributed by atoms with Gasteiger partial charge in [-0.25, -0.2) is 12.8 Å². The summed E-state index contributed by atoms with van der Waals surface area (Å²) >= 11 is 1.55. The van der Waals surface area contributed by atoms with Crippen molar-refractivity contribution in [3.05, 3.63) is 54.3 Å². The molecule has 0 aliphatic carbocycles. The summed E-state index contributed by atoms with van der Waals surface area (Å²) in [5.41, 5.74) is 0.452. The van der Waals surface area contributed by atoms with E-state index in [2.05, 4.69) is 0 Å². The van der Waals surface area contributed by atoms with Crippen molar-refractivity contribution >= 4 is 27.5 Å². The summed E-state index contributed by atoms with van der Waals surface area (Å²) in [6.07, 6.45) is 1.93. The Balaban J connectivity index is 2.41. The molecule has 0 aliphatic heterocycles. The first-order valence-corrected chi connectivity index (χ1v) is 9.08. The van der Waals surface area contributed by atoms with Gasteiger partial charge in [-0.2, -0.15) is 0 Å². The summed E-state index contributed by atoms with van der Waals surface area (Å²) in [5.74, 6) is -0.392. The molecular formula is C15H16FNO2S2. The normalized spacial score (nSPS) is 11.4. The lowest BCUT2D eigenvalue weighted by Gasteiger charge is -2.23. The summed E-state index contributed by atoms with van der Waals surface area (Å²) in [5, 5.41) is 0. The summed E-state index contributed by atoms with van der Waals surface area (Å²) < 4.78 is 39.6. The van der Waals surface area contributed by atoms with Gasteiger partial charge in [-0.3, -0.25) is 4.31 Å². The van der Waals surface area contributed by atoms with E-state index in [0.717, 1.165) is 4.90 Å². The van der Waals surface area contributed by atoms with Gasteiger partial charge in [0.05, 0.1) is 10.6 Å². The first-order valence-electron chi connectivity index (χ1n) is 6.41. The van der Waals surface area contributed by atoms with Gasteiger partial charge in [0, 0.05) is 11.4 Å². The monoisotopic (exact) mass is 325 g/mol. The molecule has 112 valence electrons. The number of anilines is 1. The van der Waals surface area contributed by atoms with Crippen molar-refractivity contribution in [2.45, 2.75) is 16.7 Å². The van der Waals surface area contributed by atoms with Gasteiger partial charge in [0.25, 0.3) is 10.0 Å². The second-order valence-corrected chi connectivity index (χ2v) is 7.06. The zero-order chi connectivity index (χ0) is 15.5. The molecule has 3 nitrogen and oxygen atoms in total. The molecule has 2 aromatic carbocycles. The van der Waals surface area contributed by atoms with Gasteiger partial charge in [-0.1, -0.05) is 0 Å². The molecular weight excluding hydrogens is 309 g/mol. The van der Waals surface area contributed by atoms with Crippen LogP contribution in [0.15, 0.2) is 58.3 Å². The highest BCUT2D eigenvalue weighted by Crippen LogP contribution is 2.25. The van der Waals surface area contributed by atoms with E-state index in [1.54, 1.807) is 43.0 Å². The Morgan fingerprint density at radius 3 is 2.10 bits per heavy atom. The molecule has 0 aromatic heterocycles. The number of halogens is 1. The van der Waals surface area contributed by atoms with E-state index in [-0.39, 0.29) is 11.4 Å². The number of thioether (sulfide) groups is 1. The van der Waals surface area contributed by atoms with Crippen LogP contribution in [0.5, 0.6) is 0 Å². The van der Waals surface area contributed by atoms with E-state index in [1.165, 1.54) is 28.6 Å². The molecule has 0 atom stereocenters. The smallest absolute Gasteiger partial charge is 0.264 e. The maximum Gasteiger partial charge on any atom is 0.264 e. The fourth-order valence-corrected chi connectivity index (χ4v) is 3.86. The Bertz CT molecular complexity index is 697. The standard InChI is InChI=1S/C15H16FNO2S2/c1-3-17(13-6-4-12(16)5-7-13)21(18,19)15-10-8-14(20-2)9-11-15/h4-11H,3H2,1-2H3. The topological polar surface area (TPSA) is 37.4 Å². The van der Waals surface area contributed by atoms with Gasteiger partial charge in [0.15, 0.2) is 0 Å². The van der Waals surface area contributed by atoms with Crippen LogP contribution in [0, 0.1) is 5.82 Å². The molecule has 0 aliphatic rings. The average Bonchev–Trinajstić information content (AvgIpc) is 2.50. The van der Waals surface area contributed by atoms with Gasteiger partial charge >= 0.3 is 0 Å². The lowest BCUT2D eigenvalue weighted by atomic mass is 10.3. The molecule has 0 saturated heterocycles. The van der Waals surface area contributed by atoms with Crippen LogP contribution >= 0.6 is 11.8 Å². The number of nitrogens with zero attached hydrogens (tertiary/aromatic N) is 1. The molecule has 0 unspecified atom stereocenters. The Kier molecular flexibility index (Phi) is 4.90. The highest BCUT2D eigenvalue weighted by molar-refractivity contribution is 7.98. The molecule has 21 heavy (non-hydrogen) atoms. The van der Waals surface area contributed by atoms with Gasteiger partial charge < -0.3 is 0 Å². The number of sulfonamides is 1. The molecule has 0 amide bonds. The lowest BCUT2D eigenvalue weighted by Crippen LogP contribution is -2.30. The summed E-state index contributed by atoms with van der Waals surface area (Å²) in [7, 11) is -3.64. The summed E-state index contributed by atoms with van der Waals surface area (Å²) in [6.45, 7) is 2.02. The minimum atomic E-state index is -3.64. The van der Waals surface area contributed by atoms with E-state index in [1.807, 2.05) is 6.26 Å². The average molecular weight is 325 g/mol. The van der Waals surface area contributed by atoms with Crippen molar-refractivity contribution in [1.82, 2.24) is 0 Å². The lowest BCUT2D eigenvalue weighted by molar-refractivity contribution is 0.591. The second-order valence-electron chi connectivity index (χ2n) is 4.32. The molecule has 6 heteroatoms. The third kappa shape index (κ3) is 3.39. The van der Waals surface area contributed by atoms with Crippen LogP contribution in [0.3, 0.4) is 0 Å². The maximum absolute atomic E-state index is 13.0. The quantitative estimate of drug-likeness (QED) is 0.786. The van der Waals surface area contributed by atoms with Crippen molar-refractivity contribution in [1.29, 1.82) is 0 Å². The zero-order valence-corrected chi connectivity index (χ0v) is 13.4. The van der Waals surface area contributed by atoms with Gasteiger partial charge in [0.2, 0.25) is 0 Å². The third-order valence-electron chi connectivity index (χ3n) is 3.05. The van der Waals surface area contributed by atoms with E-state index in [0.29, 0.717) is 5.69 Å². The fraction of sp³-hybridized carbons (Fsp3) is 0.200. The SMILES string of the molecule is CCN(c1ccc(F)cc1)S(=O)(=O)c1ccc(SC)cc1. The highest BCUT2D eigenvalue weighted by atomic mass is 32.2. The number of rotatable bonds is 5. The number of hydrogen-bond donors (Lipinski definition) is 0. The molecule has 0 N–H and O–H groups in total. The van der Waals surface area contributed by atoms with Crippen molar-refractivity contribution in [2.75, 3.05) is 17.1 Å². The predicted octanol–water partition coefficient (Wildman–Crippen LogP) is 3.76. The Morgan fingerprint density at radius 1 is 1.05 bits per heavy atom. The van der Waals surface area contributed by atoms with Gasteiger partial charge in [0.1, 0.15) is 5.82 Å². The molecule has 0 saturated carbocycles. The first-order chi connectivity index (χ1) is 9.98. The fourth-order valence-electron chi connectivity index (χ4n) is 1.97. The molecule has 0 fully saturated rings. The van der Waals surface area contributed by atoms with Crippen LogP contribution in [0.2, 0.25) is 0 Å². The minimum Gasteiger partial charge on any atom is -0.267 e. The van der Waals surface area contributed by atoms with Crippen molar-refractivity contribution in [3.8, 4) is 0 Å². The van der Waals surface area contributed by atoms with Crippen LogP contribution in [0.1, 0.15) is 6.92 Å².